The van der Waals surface area contributed by atoms with Crippen LogP contribution in [0.25, 0.3) is 0 Å². The first kappa shape index (κ1) is 20.3. The van der Waals surface area contributed by atoms with E-state index in [9.17, 15) is 14.7 Å². The van der Waals surface area contributed by atoms with Crippen LogP contribution in [0, 0.1) is 5.92 Å². The fourth-order valence-corrected chi connectivity index (χ4v) is 4.13. The summed E-state index contributed by atoms with van der Waals surface area (Å²) < 4.78 is 0. The molecule has 2 aromatic rings. The van der Waals surface area contributed by atoms with E-state index < -0.39 is 11.5 Å². The number of β-lactam (4-membered cyclic amide) rings is 1. The molecule has 30 heavy (non-hydrogen) atoms. The molecular weight excluding hydrogens is 380 g/mol. The van der Waals surface area contributed by atoms with Crippen molar-refractivity contribution in [3.63, 3.8) is 0 Å². The number of hydrogen-bond acceptors (Lipinski definition) is 4. The Balaban J connectivity index is 1.76. The van der Waals surface area contributed by atoms with Gasteiger partial charge in [0, 0.05) is 36.7 Å². The number of nitrogens with zero attached hydrogens (tertiary/aromatic N) is 2. The number of aliphatic hydroxyl groups excluding tert-OH is 1. The summed E-state index contributed by atoms with van der Waals surface area (Å²) in [6.45, 7) is 2.80. The van der Waals surface area contributed by atoms with E-state index in [4.69, 9.17) is 5.11 Å². The number of aliphatic hydroxyl groups is 2. The smallest absolute Gasteiger partial charge is 0.264 e. The van der Waals surface area contributed by atoms with E-state index in [1.165, 1.54) is 0 Å². The van der Waals surface area contributed by atoms with Crippen molar-refractivity contribution in [2.75, 3.05) is 23.0 Å². The minimum atomic E-state index is -1.74. The van der Waals surface area contributed by atoms with Gasteiger partial charge in [0.1, 0.15) is 0 Å². The van der Waals surface area contributed by atoms with Crippen molar-refractivity contribution in [1.82, 2.24) is 0 Å². The second-order valence-electron chi connectivity index (χ2n) is 7.87. The zero-order valence-electron chi connectivity index (χ0n) is 17.0. The predicted molar refractivity (Wildman–Crippen MR) is 115 cm³/mol. The van der Waals surface area contributed by atoms with Crippen molar-refractivity contribution >= 4 is 23.2 Å². The lowest BCUT2D eigenvalue weighted by Crippen LogP contribution is -2.44. The van der Waals surface area contributed by atoms with Crippen LogP contribution in [0.2, 0.25) is 0 Å². The molecule has 0 spiro atoms. The van der Waals surface area contributed by atoms with E-state index in [1.54, 1.807) is 34.9 Å². The second-order valence-corrected chi connectivity index (χ2v) is 7.87. The summed E-state index contributed by atoms with van der Waals surface area (Å²) in [4.78, 5) is 28.7. The molecule has 1 saturated heterocycles. The number of anilines is 2. The highest BCUT2D eigenvalue weighted by Crippen LogP contribution is 2.47. The summed E-state index contributed by atoms with van der Waals surface area (Å²) >= 11 is 0. The molecule has 0 aliphatic carbocycles. The number of fused-ring (bicyclic) bond motifs is 1. The summed E-state index contributed by atoms with van der Waals surface area (Å²) in [5.41, 5.74) is 1.10. The van der Waals surface area contributed by atoms with E-state index >= 15 is 0 Å². The number of rotatable bonds is 7. The Morgan fingerprint density at radius 3 is 2.57 bits per heavy atom. The molecule has 6 heteroatoms. The minimum Gasteiger partial charge on any atom is -0.396 e. The first-order valence-electron chi connectivity index (χ1n) is 10.3. The minimum absolute atomic E-state index is 0.00747. The zero-order valence-corrected chi connectivity index (χ0v) is 17.0. The summed E-state index contributed by atoms with van der Waals surface area (Å²) in [6, 6.07) is 15.1. The lowest BCUT2D eigenvalue weighted by Gasteiger charge is -2.32. The molecule has 2 aliphatic heterocycles. The molecule has 0 unspecified atom stereocenters. The maximum Gasteiger partial charge on any atom is 0.264 e. The molecule has 2 aromatic carbocycles. The molecule has 2 N–H and O–H groups in total. The van der Waals surface area contributed by atoms with Crippen LogP contribution in [0.3, 0.4) is 0 Å². The molecule has 2 aliphatic rings. The molecule has 1 fully saturated rings. The van der Waals surface area contributed by atoms with Gasteiger partial charge in [0.2, 0.25) is 5.91 Å². The van der Waals surface area contributed by atoms with Crippen LogP contribution in [0.1, 0.15) is 30.9 Å². The number of hydrogen-bond donors (Lipinski definition) is 2. The van der Waals surface area contributed by atoms with Gasteiger partial charge in [-0.15, -0.1) is 0 Å². The molecule has 2 amide bonds. The highest BCUT2D eigenvalue weighted by Gasteiger charge is 2.52. The fraction of sp³-hybridized carbons (Fsp3) is 0.333. The normalized spacial score (nSPS) is 21.8. The zero-order chi connectivity index (χ0) is 21.3. The molecule has 6 nitrogen and oxygen atoms in total. The van der Waals surface area contributed by atoms with E-state index in [0.717, 1.165) is 5.56 Å². The molecule has 0 saturated carbocycles. The summed E-state index contributed by atoms with van der Waals surface area (Å²) in [5.74, 6) is -0.840. The standard InChI is InChI=1S/C24H26N2O4/c1-17(7-5-6-14-27)24(30)20-15-19(25-13-12-22(25)28)10-11-21(20)26(23(24)29)16-18-8-3-2-4-9-18/h2-5,7-11,15,17,27,30H,6,12-14,16H2,1H3/b7-5+/t17-,24+/m1/s1. The highest BCUT2D eigenvalue weighted by molar-refractivity contribution is 6.08. The third-order valence-corrected chi connectivity index (χ3v) is 5.98. The van der Waals surface area contributed by atoms with Crippen LogP contribution in [0.5, 0.6) is 0 Å². The first-order chi connectivity index (χ1) is 14.5. The maximum absolute atomic E-state index is 13.5. The van der Waals surface area contributed by atoms with Gasteiger partial charge in [-0.3, -0.25) is 9.59 Å². The Bertz CT molecular complexity index is 988. The molecule has 0 aromatic heterocycles. The first-order valence-corrected chi connectivity index (χ1v) is 10.3. The van der Waals surface area contributed by atoms with Crippen LogP contribution in [-0.2, 0) is 21.7 Å². The van der Waals surface area contributed by atoms with Crippen molar-refractivity contribution in [1.29, 1.82) is 0 Å². The highest BCUT2D eigenvalue weighted by atomic mass is 16.3. The Morgan fingerprint density at radius 2 is 1.93 bits per heavy atom. The van der Waals surface area contributed by atoms with Gasteiger partial charge in [0.05, 0.1) is 12.2 Å². The van der Waals surface area contributed by atoms with Gasteiger partial charge in [-0.2, -0.15) is 0 Å². The largest absolute Gasteiger partial charge is 0.396 e. The number of amides is 2. The fourth-order valence-electron chi connectivity index (χ4n) is 4.13. The van der Waals surface area contributed by atoms with Gasteiger partial charge in [-0.05, 0) is 30.2 Å². The summed E-state index contributed by atoms with van der Waals surface area (Å²) in [5, 5.41) is 20.7. The molecule has 2 atom stereocenters. The Labute approximate surface area is 176 Å². The number of carbonyl (C=O) groups excluding carboxylic acids is 2. The average Bonchev–Trinajstić information content (AvgIpc) is 2.96. The monoisotopic (exact) mass is 406 g/mol. The van der Waals surface area contributed by atoms with Crippen molar-refractivity contribution in [2.24, 2.45) is 5.92 Å². The van der Waals surface area contributed by atoms with E-state index in [2.05, 4.69) is 0 Å². The van der Waals surface area contributed by atoms with Crippen molar-refractivity contribution in [3.8, 4) is 0 Å². The second kappa shape index (κ2) is 8.05. The van der Waals surface area contributed by atoms with Crippen molar-refractivity contribution in [3.05, 3.63) is 71.8 Å². The van der Waals surface area contributed by atoms with Crippen LogP contribution in [-0.4, -0.2) is 35.2 Å². The summed E-state index contributed by atoms with van der Waals surface area (Å²) in [6.07, 6.45) is 4.52. The van der Waals surface area contributed by atoms with Crippen LogP contribution < -0.4 is 9.80 Å². The molecule has 2 heterocycles. The number of benzene rings is 2. The average molecular weight is 406 g/mol. The van der Waals surface area contributed by atoms with Crippen molar-refractivity contribution in [2.45, 2.75) is 31.9 Å². The van der Waals surface area contributed by atoms with Gasteiger partial charge in [-0.25, -0.2) is 0 Å². The van der Waals surface area contributed by atoms with E-state index in [-0.39, 0.29) is 18.4 Å². The molecule has 4 rings (SSSR count). The Morgan fingerprint density at radius 1 is 1.17 bits per heavy atom. The van der Waals surface area contributed by atoms with Crippen LogP contribution in [0.4, 0.5) is 11.4 Å². The topological polar surface area (TPSA) is 81.1 Å². The van der Waals surface area contributed by atoms with Crippen molar-refractivity contribution < 1.29 is 19.8 Å². The Hall–Kier alpha value is -2.96. The van der Waals surface area contributed by atoms with Gasteiger partial charge < -0.3 is 20.0 Å². The predicted octanol–water partition coefficient (Wildman–Crippen LogP) is 2.73. The third kappa shape index (κ3) is 3.32. The Kier molecular flexibility index (Phi) is 5.45. The maximum atomic E-state index is 13.5. The van der Waals surface area contributed by atoms with Crippen LogP contribution >= 0.6 is 0 Å². The quantitative estimate of drug-likeness (QED) is 0.547. The molecule has 156 valence electrons. The lowest BCUT2D eigenvalue weighted by atomic mass is 9.82. The SMILES string of the molecule is C[C@H](/C=C/CCO)[C@@]1(O)C(=O)N(Cc2ccccc2)c2ccc(N3CCC3=O)cc21. The third-order valence-electron chi connectivity index (χ3n) is 5.98. The molecular formula is C24H26N2O4. The summed E-state index contributed by atoms with van der Waals surface area (Å²) in [7, 11) is 0. The van der Waals surface area contributed by atoms with Crippen LogP contribution in [0.15, 0.2) is 60.7 Å². The lowest BCUT2D eigenvalue weighted by molar-refractivity contribution is -0.139. The van der Waals surface area contributed by atoms with E-state index in [0.29, 0.717) is 42.9 Å². The van der Waals surface area contributed by atoms with E-state index in [1.807, 2.05) is 42.5 Å². The molecule has 0 radical (unpaired) electrons. The molecule has 0 bridgehead atoms. The van der Waals surface area contributed by atoms with Gasteiger partial charge in [-0.1, -0.05) is 49.4 Å². The van der Waals surface area contributed by atoms with Gasteiger partial charge >= 0.3 is 0 Å². The van der Waals surface area contributed by atoms with Gasteiger partial charge in [0.15, 0.2) is 5.60 Å². The number of carbonyl (C=O) groups is 2. The van der Waals surface area contributed by atoms with Gasteiger partial charge in [0.25, 0.3) is 5.91 Å².